The van der Waals surface area contributed by atoms with Gasteiger partial charge in [0.15, 0.2) is 17.2 Å². The fourth-order valence-electron chi connectivity index (χ4n) is 3.06. The number of ether oxygens (including phenoxy) is 3. The minimum atomic E-state index is -0.476. The number of carbonyl (C=O) groups is 1. The van der Waals surface area contributed by atoms with Crippen molar-refractivity contribution in [2.24, 2.45) is 4.99 Å². The summed E-state index contributed by atoms with van der Waals surface area (Å²) < 4.78 is 18.2. The first-order chi connectivity index (χ1) is 15.1. The Bertz CT molecular complexity index is 1160. The predicted octanol–water partition coefficient (Wildman–Crippen LogP) is 5.61. The zero-order valence-corrected chi connectivity index (χ0v) is 19.0. The first kappa shape index (κ1) is 21.1. The molecule has 0 radical (unpaired) electrons. The third-order valence-corrected chi connectivity index (χ3v) is 5.17. The molecule has 4 rings (SSSR count). The van der Waals surface area contributed by atoms with Crippen LogP contribution in [0.1, 0.15) is 23.6 Å². The molecule has 31 heavy (non-hydrogen) atoms. The number of cyclic esters (lactones) is 1. The highest BCUT2D eigenvalue weighted by molar-refractivity contribution is 14.1. The van der Waals surface area contributed by atoms with Crippen LogP contribution in [0.5, 0.6) is 11.5 Å². The highest BCUT2D eigenvalue weighted by Gasteiger charge is 2.24. The van der Waals surface area contributed by atoms with Gasteiger partial charge in [0, 0.05) is 9.13 Å². The Kier molecular flexibility index (Phi) is 6.66. The lowest BCUT2D eigenvalue weighted by Crippen LogP contribution is -2.05. The molecule has 1 heterocycles. The molecule has 0 saturated heterocycles. The van der Waals surface area contributed by atoms with Crippen LogP contribution in [0.2, 0.25) is 0 Å². The number of nitrogens with zero attached hydrogens (tertiary/aromatic N) is 1. The van der Waals surface area contributed by atoms with Gasteiger partial charge in [-0.15, -0.1) is 0 Å². The Morgan fingerprint density at radius 2 is 1.81 bits per heavy atom. The average molecular weight is 525 g/mol. The molecule has 0 fully saturated rings. The van der Waals surface area contributed by atoms with Crippen molar-refractivity contribution in [3.8, 4) is 11.5 Å². The lowest BCUT2D eigenvalue weighted by Gasteiger charge is -2.13. The third kappa shape index (κ3) is 5.32. The zero-order chi connectivity index (χ0) is 21.6. The maximum atomic E-state index is 12.3. The van der Waals surface area contributed by atoms with Crippen LogP contribution in [-0.4, -0.2) is 18.5 Å². The summed E-state index contributed by atoms with van der Waals surface area (Å²) in [6.45, 7) is 2.85. The number of esters is 1. The maximum Gasteiger partial charge on any atom is 0.363 e. The van der Waals surface area contributed by atoms with E-state index in [-0.39, 0.29) is 5.70 Å². The van der Waals surface area contributed by atoms with E-state index in [0.29, 0.717) is 30.6 Å². The highest BCUT2D eigenvalue weighted by atomic mass is 127. The monoisotopic (exact) mass is 525 g/mol. The van der Waals surface area contributed by atoms with Gasteiger partial charge in [-0.3, -0.25) is 0 Å². The van der Waals surface area contributed by atoms with Crippen LogP contribution in [0.25, 0.3) is 6.08 Å². The molecule has 0 amide bonds. The second-order valence-electron chi connectivity index (χ2n) is 6.76. The summed E-state index contributed by atoms with van der Waals surface area (Å²) in [4.78, 5) is 16.6. The SMILES string of the molecule is CCOc1cc(/C=C2\N=C(c3ccccc3)OC2=O)ccc1OCc1cccc(I)c1. The number of carbonyl (C=O) groups excluding carboxylic acids is 1. The van der Waals surface area contributed by atoms with E-state index in [1.54, 1.807) is 6.08 Å². The molecule has 1 aliphatic heterocycles. The van der Waals surface area contributed by atoms with E-state index in [1.165, 1.54) is 0 Å². The smallest absolute Gasteiger partial charge is 0.363 e. The van der Waals surface area contributed by atoms with Crippen molar-refractivity contribution in [3.63, 3.8) is 0 Å². The number of hydrogen-bond donors (Lipinski definition) is 0. The maximum absolute atomic E-state index is 12.3. The Labute approximate surface area is 194 Å². The normalized spacial score (nSPS) is 14.3. The van der Waals surface area contributed by atoms with Crippen LogP contribution < -0.4 is 9.47 Å². The molecule has 0 unspecified atom stereocenters. The predicted molar refractivity (Wildman–Crippen MR) is 128 cm³/mol. The molecular weight excluding hydrogens is 505 g/mol. The summed E-state index contributed by atoms with van der Waals surface area (Å²) in [6.07, 6.45) is 1.68. The van der Waals surface area contributed by atoms with Gasteiger partial charge in [-0.1, -0.05) is 36.4 Å². The van der Waals surface area contributed by atoms with Gasteiger partial charge in [-0.05, 0) is 83.1 Å². The zero-order valence-electron chi connectivity index (χ0n) is 16.9. The van der Waals surface area contributed by atoms with Gasteiger partial charge in [-0.25, -0.2) is 9.79 Å². The molecule has 0 aliphatic carbocycles. The van der Waals surface area contributed by atoms with Crippen molar-refractivity contribution in [2.45, 2.75) is 13.5 Å². The second-order valence-corrected chi connectivity index (χ2v) is 8.01. The van der Waals surface area contributed by atoms with Crippen LogP contribution in [-0.2, 0) is 16.1 Å². The molecule has 3 aromatic rings. The fourth-order valence-corrected chi connectivity index (χ4v) is 3.67. The molecule has 3 aromatic carbocycles. The minimum absolute atomic E-state index is 0.244. The number of rotatable bonds is 7. The highest BCUT2D eigenvalue weighted by Crippen LogP contribution is 2.31. The van der Waals surface area contributed by atoms with Gasteiger partial charge < -0.3 is 14.2 Å². The molecule has 5 nitrogen and oxygen atoms in total. The van der Waals surface area contributed by atoms with Gasteiger partial charge in [0.25, 0.3) is 0 Å². The summed E-state index contributed by atoms with van der Waals surface area (Å²) in [5, 5.41) is 0. The van der Waals surface area contributed by atoms with Crippen molar-refractivity contribution in [1.82, 2.24) is 0 Å². The Morgan fingerprint density at radius 1 is 0.968 bits per heavy atom. The van der Waals surface area contributed by atoms with Gasteiger partial charge in [0.1, 0.15) is 6.61 Å². The number of hydrogen-bond acceptors (Lipinski definition) is 5. The van der Waals surface area contributed by atoms with Crippen molar-refractivity contribution < 1.29 is 19.0 Å². The van der Waals surface area contributed by atoms with Gasteiger partial charge in [0.05, 0.1) is 6.61 Å². The largest absolute Gasteiger partial charge is 0.490 e. The first-order valence-corrected chi connectivity index (χ1v) is 10.9. The van der Waals surface area contributed by atoms with Crippen molar-refractivity contribution >= 4 is 40.5 Å². The van der Waals surface area contributed by atoms with E-state index in [0.717, 1.165) is 20.3 Å². The van der Waals surface area contributed by atoms with E-state index < -0.39 is 5.97 Å². The molecule has 0 bridgehead atoms. The van der Waals surface area contributed by atoms with Gasteiger partial charge in [0.2, 0.25) is 5.90 Å². The lowest BCUT2D eigenvalue weighted by molar-refractivity contribution is -0.129. The molecular formula is C25H20INO4. The van der Waals surface area contributed by atoms with Crippen LogP contribution in [0.4, 0.5) is 0 Å². The van der Waals surface area contributed by atoms with Gasteiger partial charge in [-0.2, -0.15) is 0 Å². The molecule has 0 atom stereocenters. The number of aliphatic imine (C=N–C) groups is 1. The Morgan fingerprint density at radius 3 is 2.58 bits per heavy atom. The van der Waals surface area contributed by atoms with E-state index in [4.69, 9.17) is 14.2 Å². The fraction of sp³-hybridized carbons (Fsp3) is 0.120. The Balaban J connectivity index is 1.56. The quantitative estimate of drug-likeness (QED) is 0.229. The number of benzene rings is 3. The standard InChI is InChI=1S/C25H20INO4/c1-2-29-23-15-17(11-12-22(23)30-16-18-7-6-10-20(26)13-18)14-21-25(28)31-24(27-21)19-8-4-3-5-9-19/h3-15H,2,16H2,1H3/b21-14-. The first-order valence-electron chi connectivity index (χ1n) is 9.84. The molecule has 0 N–H and O–H groups in total. The molecule has 0 aromatic heterocycles. The average Bonchev–Trinajstić information content (AvgIpc) is 3.14. The molecule has 1 aliphatic rings. The summed E-state index contributed by atoms with van der Waals surface area (Å²) in [6, 6.07) is 23.0. The Hall–Kier alpha value is -3.13. The summed E-state index contributed by atoms with van der Waals surface area (Å²) in [5.41, 5.74) is 2.86. The van der Waals surface area contributed by atoms with Crippen LogP contribution in [0, 0.1) is 3.57 Å². The van der Waals surface area contributed by atoms with E-state index in [2.05, 4.69) is 33.6 Å². The van der Waals surface area contributed by atoms with Crippen LogP contribution >= 0.6 is 22.6 Å². The number of halogens is 1. The minimum Gasteiger partial charge on any atom is -0.490 e. The summed E-state index contributed by atoms with van der Waals surface area (Å²) in [7, 11) is 0. The molecule has 6 heteroatoms. The van der Waals surface area contributed by atoms with Gasteiger partial charge >= 0.3 is 5.97 Å². The topological polar surface area (TPSA) is 57.1 Å². The molecule has 156 valence electrons. The molecule has 0 spiro atoms. The van der Waals surface area contributed by atoms with Crippen LogP contribution in [0.3, 0.4) is 0 Å². The van der Waals surface area contributed by atoms with E-state index >= 15 is 0 Å². The summed E-state index contributed by atoms with van der Waals surface area (Å²) in [5.74, 6) is 1.08. The lowest BCUT2D eigenvalue weighted by atomic mass is 10.1. The van der Waals surface area contributed by atoms with E-state index in [9.17, 15) is 4.79 Å². The molecule has 0 saturated carbocycles. The second kappa shape index (κ2) is 9.78. The third-order valence-electron chi connectivity index (χ3n) is 4.50. The van der Waals surface area contributed by atoms with Crippen molar-refractivity contribution in [1.29, 1.82) is 0 Å². The summed E-state index contributed by atoms with van der Waals surface area (Å²) >= 11 is 2.28. The van der Waals surface area contributed by atoms with E-state index in [1.807, 2.05) is 73.7 Å². The van der Waals surface area contributed by atoms with Crippen LogP contribution in [0.15, 0.2) is 83.5 Å². The van der Waals surface area contributed by atoms with Crippen molar-refractivity contribution in [3.05, 3.63) is 98.8 Å². The van der Waals surface area contributed by atoms with Crippen molar-refractivity contribution in [2.75, 3.05) is 6.61 Å².